The van der Waals surface area contributed by atoms with E-state index in [0.29, 0.717) is 23.6 Å². The van der Waals surface area contributed by atoms with Crippen LogP contribution in [0, 0.1) is 0 Å². The van der Waals surface area contributed by atoms with Crippen molar-refractivity contribution in [2.75, 3.05) is 13.3 Å². The molecule has 1 aliphatic heterocycles. The first kappa shape index (κ1) is 12.1. The molecule has 1 heterocycles. The summed E-state index contributed by atoms with van der Waals surface area (Å²) in [5.41, 5.74) is 6.02. The molecule has 0 aromatic heterocycles. The number of alkyl halides is 2. The van der Waals surface area contributed by atoms with Crippen LogP contribution in [0.25, 0.3) is 0 Å². The molecule has 0 amide bonds. The average Bonchev–Trinajstić information content (AvgIpc) is 2.72. The van der Waals surface area contributed by atoms with Gasteiger partial charge in [0.05, 0.1) is 0 Å². The second-order valence-electron chi connectivity index (χ2n) is 4.32. The fourth-order valence-electron chi connectivity index (χ4n) is 1.87. The molecular weight excluding hydrogens is 228 g/mol. The van der Waals surface area contributed by atoms with Crippen molar-refractivity contribution >= 4 is 0 Å². The van der Waals surface area contributed by atoms with Gasteiger partial charge in [-0.15, -0.1) is 0 Å². The normalized spacial score (nSPS) is 16.1. The third-order valence-corrected chi connectivity index (χ3v) is 2.90. The predicted molar refractivity (Wildman–Crippen MR) is 59.6 cm³/mol. The predicted octanol–water partition coefficient (Wildman–Crippen LogP) is 2.59. The van der Waals surface area contributed by atoms with Gasteiger partial charge in [0.25, 0.3) is 5.92 Å². The van der Waals surface area contributed by atoms with E-state index in [-0.39, 0.29) is 18.3 Å². The fraction of sp³-hybridized carbons (Fsp3) is 0.500. The number of hydrogen-bond donors (Lipinski definition) is 1. The Labute approximate surface area is 98.5 Å². The standard InChI is InChI=1S/C12H15F2NO2/c1-7(5-15)8-3-10-11(17-6-16-10)4-9(8)12(2,13)14/h3-4,7H,5-6,15H2,1-2H3. The van der Waals surface area contributed by atoms with Crippen molar-refractivity contribution in [1.29, 1.82) is 0 Å². The number of rotatable bonds is 3. The molecule has 0 saturated heterocycles. The van der Waals surface area contributed by atoms with E-state index in [0.717, 1.165) is 6.92 Å². The van der Waals surface area contributed by atoms with Crippen LogP contribution in [0.2, 0.25) is 0 Å². The first-order valence-electron chi connectivity index (χ1n) is 5.45. The zero-order valence-corrected chi connectivity index (χ0v) is 9.80. The van der Waals surface area contributed by atoms with Gasteiger partial charge in [0.2, 0.25) is 6.79 Å². The van der Waals surface area contributed by atoms with Crippen LogP contribution in [-0.2, 0) is 5.92 Å². The molecule has 2 N–H and O–H groups in total. The van der Waals surface area contributed by atoms with Crippen LogP contribution in [0.15, 0.2) is 12.1 Å². The molecule has 2 rings (SSSR count). The van der Waals surface area contributed by atoms with E-state index in [1.165, 1.54) is 6.07 Å². The molecule has 1 aromatic carbocycles. The maximum Gasteiger partial charge on any atom is 0.270 e. The van der Waals surface area contributed by atoms with Gasteiger partial charge in [0.1, 0.15) is 0 Å². The van der Waals surface area contributed by atoms with Crippen molar-refractivity contribution in [1.82, 2.24) is 0 Å². The summed E-state index contributed by atoms with van der Waals surface area (Å²) < 4.78 is 37.4. The van der Waals surface area contributed by atoms with Crippen LogP contribution >= 0.6 is 0 Å². The van der Waals surface area contributed by atoms with Crippen LogP contribution < -0.4 is 15.2 Å². The fourth-order valence-corrected chi connectivity index (χ4v) is 1.87. The molecule has 0 fully saturated rings. The SMILES string of the molecule is CC(CN)c1cc2c(cc1C(C)(F)F)OCO2. The maximum absolute atomic E-state index is 13.5. The highest BCUT2D eigenvalue weighted by molar-refractivity contribution is 5.51. The molecule has 17 heavy (non-hydrogen) atoms. The number of ether oxygens (including phenoxy) is 2. The van der Waals surface area contributed by atoms with Gasteiger partial charge in [-0.2, -0.15) is 0 Å². The van der Waals surface area contributed by atoms with Gasteiger partial charge in [0.15, 0.2) is 11.5 Å². The third kappa shape index (κ3) is 2.20. The molecule has 1 aromatic rings. The van der Waals surface area contributed by atoms with Gasteiger partial charge in [-0.3, -0.25) is 0 Å². The van der Waals surface area contributed by atoms with Crippen LogP contribution in [0.3, 0.4) is 0 Å². The summed E-state index contributed by atoms with van der Waals surface area (Å²) in [7, 11) is 0. The second-order valence-corrected chi connectivity index (χ2v) is 4.32. The van der Waals surface area contributed by atoms with E-state index in [4.69, 9.17) is 15.2 Å². The Bertz CT molecular complexity index is 429. The minimum Gasteiger partial charge on any atom is -0.454 e. The van der Waals surface area contributed by atoms with E-state index in [2.05, 4.69) is 0 Å². The Morgan fingerprint density at radius 3 is 2.47 bits per heavy atom. The summed E-state index contributed by atoms with van der Waals surface area (Å²) in [6, 6.07) is 2.95. The van der Waals surface area contributed by atoms with Crippen LogP contribution in [-0.4, -0.2) is 13.3 Å². The topological polar surface area (TPSA) is 44.5 Å². The minimum atomic E-state index is -2.92. The van der Waals surface area contributed by atoms with Crippen LogP contribution in [0.1, 0.15) is 30.9 Å². The summed E-state index contributed by atoms with van der Waals surface area (Å²) in [6.45, 7) is 3.07. The molecule has 3 nitrogen and oxygen atoms in total. The molecular formula is C12H15F2NO2. The lowest BCUT2D eigenvalue weighted by Crippen LogP contribution is -2.16. The van der Waals surface area contributed by atoms with Crippen molar-refractivity contribution in [2.24, 2.45) is 5.73 Å². The van der Waals surface area contributed by atoms with Crippen LogP contribution in [0.4, 0.5) is 8.78 Å². The van der Waals surface area contributed by atoms with Gasteiger partial charge >= 0.3 is 0 Å². The lowest BCUT2D eigenvalue weighted by atomic mass is 9.92. The summed E-state index contributed by atoms with van der Waals surface area (Å²) in [6.07, 6.45) is 0. The highest BCUT2D eigenvalue weighted by Gasteiger charge is 2.32. The highest BCUT2D eigenvalue weighted by Crippen LogP contribution is 2.42. The van der Waals surface area contributed by atoms with Crippen molar-refractivity contribution in [3.8, 4) is 11.5 Å². The van der Waals surface area contributed by atoms with Crippen LogP contribution in [0.5, 0.6) is 11.5 Å². The molecule has 94 valence electrons. The summed E-state index contributed by atoms with van der Waals surface area (Å²) in [5, 5.41) is 0. The molecule has 0 saturated carbocycles. The zero-order chi connectivity index (χ0) is 12.6. The van der Waals surface area contributed by atoms with E-state index in [1.807, 2.05) is 6.92 Å². The van der Waals surface area contributed by atoms with Crippen molar-refractivity contribution in [3.63, 3.8) is 0 Å². The quantitative estimate of drug-likeness (QED) is 0.887. The Morgan fingerprint density at radius 2 is 1.94 bits per heavy atom. The largest absolute Gasteiger partial charge is 0.454 e. The van der Waals surface area contributed by atoms with Crippen molar-refractivity contribution in [2.45, 2.75) is 25.7 Å². The Morgan fingerprint density at radius 1 is 1.35 bits per heavy atom. The lowest BCUT2D eigenvalue weighted by Gasteiger charge is -2.20. The summed E-state index contributed by atoms with van der Waals surface area (Å²) >= 11 is 0. The van der Waals surface area contributed by atoms with Crippen molar-refractivity contribution in [3.05, 3.63) is 23.3 Å². The van der Waals surface area contributed by atoms with Gasteiger partial charge in [-0.25, -0.2) is 8.78 Å². The molecule has 0 aliphatic carbocycles. The molecule has 1 atom stereocenters. The summed E-state index contributed by atoms with van der Waals surface area (Å²) in [4.78, 5) is 0. The third-order valence-electron chi connectivity index (χ3n) is 2.90. The monoisotopic (exact) mass is 243 g/mol. The number of benzene rings is 1. The number of fused-ring (bicyclic) bond motifs is 1. The van der Waals surface area contributed by atoms with E-state index < -0.39 is 5.92 Å². The first-order chi connectivity index (χ1) is 7.93. The van der Waals surface area contributed by atoms with E-state index >= 15 is 0 Å². The summed E-state index contributed by atoms with van der Waals surface area (Å²) in [5.74, 6) is -2.19. The Hall–Kier alpha value is -1.36. The average molecular weight is 243 g/mol. The van der Waals surface area contributed by atoms with Gasteiger partial charge in [0, 0.05) is 12.5 Å². The lowest BCUT2D eigenvalue weighted by molar-refractivity contribution is 0.0161. The number of nitrogens with two attached hydrogens (primary N) is 1. The number of hydrogen-bond acceptors (Lipinski definition) is 3. The van der Waals surface area contributed by atoms with Gasteiger partial charge in [-0.05, 0) is 30.2 Å². The smallest absolute Gasteiger partial charge is 0.270 e. The van der Waals surface area contributed by atoms with Gasteiger partial charge < -0.3 is 15.2 Å². The maximum atomic E-state index is 13.5. The zero-order valence-electron chi connectivity index (χ0n) is 9.80. The Balaban J connectivity index is 2.55. The number of halogens is 2. The highest BCUT2D eigenvalue weighted by atomic mass is 19.3. The van der Waals surface area contributed by atoms with Gasteiger partial charge in [-0.1, -0.05) is 6.92 Å². The molecule has 1 unspecified atom stereocenters. The van der Waals surface area contributed by atoms with E-state index in [1.54, 1.807) is 6.07 Å². The Kier molecular flexibility index (Phi) is 2.95. The molecule has 0 radical (unpaired) electrons. The molecule has 5 heteroatoms. The second kappa shape index (κ2) is 4.14. The molecule has 1 aliphatic rings. The van der Waals surface area contributed by atoms with E-state index in [9.17, 15) is 8.78 Å². The minimum absolute atomic E-state index is 0.0419. The first-order valence-corrected chi connectivity index (χ1v) is 5.45. The molecule has 0 spiro atoms. The van der Waals surface area contributed by atoms with Crippen molar-refractivity contribution < 1.29 is 18.3 Å². The molecule has 0 bridgehead atoms.